The molecule has 1 N–H and O–H groups in total. The highest BCUT2D eigenvalue weighted by molar-refractivity contribution is 6.30. The Kier molecular flexibility index (Phi) is 6.89. The Bertz CT molecular complexity index is 1040. The number of hydrogen-bond donors (Lipinski definition) is 1. The van der Waals surface area contributed by atoms with E-state index in [-0.39, 0.29) is 11.7 Å². The van der Waals surface area contributed by atoms with Gasteiger partial charge >= 0.3 is 6.09 Å². The largest absolute Gasteiger partial charge is 0.464 e. The number of piperidine rings is 1. The zero-order valence-electron chi connectivity index (χ0n) is 17.2. The Morgan fingerprint density at radius 2 is 1.87 bits per heavy atom. The molecule has 0 bridgehead atoms. The summed E-state index contributed by atoms with van der Waals surface area (Å²) >= 11 is 5.90. The summed E-state index contributed by atoms with van der Waals surface area (Å²) < 4.78 is 10.7. The number of nitrogens with zero attached hydrogens (tertiary/aromatic N) is 1. The van der Waals surface area contributed by atoms with Crippen LogP contribution in [0.2, 0.25) is 5.02 Å². The first-order valence-electron chi connectivity index (χ1n) is 10.5. The SMILES string of the molecule is O=C(Nc1cccc2occc12)OCCCN1CCC(C(=O)c2ccc(Cl)cc2)CC1. The average molecular weight is 441 g/mol. The predicted molar refractivity (Wildman–Crippen MR) is 121 cm³/mol. The smallest absolute Gasteiger partial charge is 0.411 e. The normalized spacial score (nSPS) is 15.1. The van der Waals surface area contributed by atoms with Crippen LogP contribution in [0.5, 0.6) is 0 Å². The number of carbonyl (C=O) groups excluding carboxylic acids is 2. The molecule has 1 aliphatic heterocycles. The summed E-state index contributed by atoms with van der Waals surface area (Å²) in [6.07, 6.45) is 3.56. The Balaban J connectivity index is 1.15. The van der Waals surface area contributed by atoms with Crippen molar-refractivity contribution in [1.82, 2.24) is 4.90 Å². The number of furan rings is 1. The van der Waals surface area contributed by atoms with Gasteiger partial charge in [-0.3, -0.25) is 10.1 Å². The van der Waals surface area contributed by atoms with Gasteiger partial charge in [-0.25, -0.2) is 4.79 Å². The van der Waals surface area contributed by atoms with Crippen LogP contribution in [0.25, 0.3) is 11.0 Å². The van der Waals surface area contributed by atoms with Crippen molar-refractivity contribution in [3.05, 3.63) is 65.4 Å². The van der Waals surface area contributed by atoms with E-state index in [9.17, 15) is 9.59 Å². The second-order valence-corrected chi connectivity index (χ2v) is 8.18. The lowest BCUT2D eigenvalue weighted by Gasteiger charge is -2.31. The number of ether oxygens (including phenoxy) is 1. The number of benzene rings is 2. The average Bonchev–Trinajstić information content (AvgIpc) is 3.27. The zero-order chi connectivity index (χ0) is 21.6. The van der Waals surface area contributed by atoms with Crippen LogP contribution in [0.3, 0.4) is 0 Å². The number of likely N-dealkylation sites (tertiary alicyclic amines) is 1. The highest BCUT2D eigenvalue weighted by Gasteiger charge is 2.25. The number of nitrogens with one attached hydrogen (secondary N) is 1. The van der Waals surface area contributed by atoms with Gasteiger partial charge in [0.15, 0.2) is 5.78 Å². The molecule has 1 aromatic heterocycles. The number of halogens is 1. The molecule has 162 valence electrons. The van der Waals surface area contributed by atoms with Crippen LogP contribution in [0.15, 0.2) is 59.2 Å². The third kappa shape index (κ3) is 5.46. The van der Waals surface area contributed by atoms with Crippen LogP contribution in [-0.2, 0) is 4.74 Å². The van der Waals surface area contributed by atoms with Gasteiger partial charge in [0.05, 0.1) is 18.6 Å². The molecule has 4 rings (SSSR count). The molecule has 0 aliphatic carbocycles. The van der Waals surface area contributed by atoms with Gasteiger partial charge in [0.1, 0.15) is 5.58 Å². The molecule has 0 saturated carbocycles. The van der Waals surface area contributed by atoms with Crippen LogP contribution < -0.4 is 5.32 Å². The van der Waals surface area contributed by atoms with E-state index in [1.54, 1.807) is 30.5 Å². The molecule has 2 aromatic carbocycles. The summed E-state index contributed by atoms with van der Waals surface area (Å²) in [5, 5.41) is 4.25. The molecule has 1 fully saturated rings. The first-order valence-corrected chi connectivity index (χ1v) is 10.9. The number of rotatable bonds is 7. The van der Waals surface area contributed by atoms with Gasteiger partial charge in [-0.15, -0.1) is 0 Å². The Hall–Kier alpha value is -2.83. The lowest BCUT2D eigenvalue weighted by Crippen LogP contribution is -2.37. The third-order valence-corrected chi connectivity index (χ3v) is 5.92. The van der Waals surface area contributed by atoms with E-state index in [1.165, 1.54) is 0 Å². The lowest BCUT2D eigenvalue weighted by atomic mass is 9.89. The Morgan fingerprint density at radius 1 is 1.10 bits per heavy atom. The van der Waals surface area contributed by atoms with E-state index < -0.39 is 6.09 Å². The first kappa shape index (κ1) is 21.4. The minimum Gasteiger partial charge on any atom is -0.464 e. The Morgan fingerprint density at radius 3 is 2.65 bits per heavy atom. The van der Waals surface area contributed by atoms with Gasteiger partial charge in [-0.05, 0) is 74.8 Å². The van der Waals surface area contributed by atoms with E-state index in [2.05, 4.69) is 10.2 Å². The number of hydrogen-bond acceptors (Lipinski definition) is 5. The second-order valence-electron chi connectivity index (χ2n) is 7.74. The van der Waals surface area contributed by atoms with Crippen molar-refractivity contribution in [2.45, 2.75) is 19.3 Å². The minimum atomic E-state index is -0.471. The van der Waals surface area contributed by atoms with Gasteiger partial charge in [0.25, 0.3) is 0 Å². The fraction of sp³-hybridized carbons (Fsp3) is 0.333. The number of ketones is 1. The summed E-state index contributed by atoms with van der Waals surface area (Å²) in [5.74, 6) is 0.258. The zero-order valence-corrected chi connectivity index (χ0v) is 17.9. The molecule has 7 heteroatoms. The standard InChI is InChI=1S/C24H25ClN2O4/c25-19-7-5-17(6-8-19)23(28)18-9-13-27(14-10-18)12-2-15-31-24(29)26-21-3-1-4-22-20(21)11-16-30-22/h1,3-8,11,16,18H,2,9-10,12-15H2,(H,26,29). The molecule has 0 unspecified atom stereocenters. The summed E-state index contributed by atoms with van der Waals surface area (Å²) in [6.45, 7) is 2.93. The van der Waals surface area contributed by atoms with Crippen LogP contribution >= 0.6 is 11.6 Å². The highest BCUT2D eigenvalue weighted by atomic mass is 35.5. The van der Waals surface area contributed by atoms with Gasteiger partial charge in [0, 0.05) is 28.4 Å². The maximum absolute atomic E-state index is 12.6. The fourth-order valence-corrected chi connectivity index (χ4v) is 4.10. The number of amides is 1. The fourth-order valence-electron chi connectivity index (χ4n) is 3.97. The maximum atomic E-state index is 12.6. The third-order valence-electron chi connectivity index (χ3n) is 5.67. The first-order chi connectivity index (χ1) is 15.1. The van der Waals surface area contributed by atoms with Crippen molar-refractivity contribution < 1.29 is 18.7 Å². The number of fused-ring (bicyclic) bond motifs is 1. The Labute approximate surface area is 186 Å². The molecule has 6 nitrogen and oxygen atoms in total. The topological polar surface area (TPSA) is 71.8 Å². The molecule has 1 amide bonds. The highest BCUT2D eigenvalue weighted by Crippen LogP contribution is 2.25. The summed E-state index contributed by atoms with van der Waals surface area (Å²) in [6, 6.07) is 14.4. The summed E-state index contributed by atoms with van der Waals surface area (Å²) in [7, 11) is 0. The van der Waals surface area contributed by atoms with E-state index >= 15 is 0 Å². The summed E-state index contributed by atoms with van der Waals surface area (Å²) in [5.41, 5.74) is 2.12. The van der Waals surface area contributed by atoms with Gasteiger partial charge in [0.2, 0.25) is 0 Å². The maximum Gasteiger partial charge on any atom is 0.411 e. The van der Waals surface area contributed by atoms with Gasteiger partial charge in [-0.2, -0.15) is 0 Å². The number of carbonyl (C=O) groups is 2. The van der Waals surface area contributed by atoms with E-state index in [0.717, 1.165) is 55.4 Å². The molecule has 0 radical (unpaired) electrons. The van der Waals surface area contributed by atoms with Crippen LogP contribution in [0.4, 0.5) is 10.5 Å². The number of Topliss-reactive ketones (excluding diaryl/α,β-unsaturated/α-hetero) is 1. The molecule has 2 heterocycles. The molecule has 31 heavy (non-hydrogen) atoms. The molecule has 1 aliphatic rings. The van der Waals surface area contributed by atoms with E-state index in [1.807, 2.05) is 24.3 Å². The van der Waals surface area contributed by atoms with Crippen molar-refractivity contribution in [3.63, 3.8) is 0 Å². The van der Waals surface area contributed by atoms with Gasteiger partial charge < -0.3 is 14.1 Å². The van der Waals surface area contributed by atoms with Crippen molar-refractivity contribution >= 4 is 40.1 Å². The van der Waals surface area contributed by atoms with Crippen molar-refractivity contribution in [1.29, 1.82) is 0 Å². The number of anilines is 1. The molecule has 0 spiro atoms. The second kappa shape index (κ2) is 9.98. The predicted octanol–water partition coefficient (Wildman–Crippen LogP) is 5.62. The van der Waals surface area contributed by atoms with E-state index in [4.69, 9.17) is 20.8 Å². The van der Waals surface area contributed by atoms with Gasteiger partial charge in [-0.1, -0.05) is 17.7 Å². The quantitative estimate of drug-likeness (QED) is 0.381. The summed E-state index contributed by atoms with van der Waals surface area (Å²) in [4.78, 5) is 27.0. The van der Waals surface area contributed by atoms with Crippen LogP contribution in [0.1, 0.15) is 29.6 Å². The molecular formula is C24H25ClN2O4. The van der Waals surface area contributed by atoms with Crippen molar-refractivity contribution in [2.75, 3.05) is 31.6 Å². The minimum absolute atomic E-state index is 0.0603. The monoisotopic (exact) mass is 440 g/mol. The van der Waals surface area contributed by atoms with Crippen molar-refractivity contribution in [2.24, 2.45) is 5.92 Å². The molecule has 0 atom stereocenters. The molecule has 3 aromatic rings. The lowest BCUT2D eigenvalue weighted by molar-refractivity contribution is 0.0830. The van der Waals surface area contributed by atoms with Crippen molar-refractivity contribution in [3.8, 4) is 0 Å². The molecule has 1 saturated heterocycles. The van der Waals surface area contributed by atoms with Crippen LogP contribution in [0, 0.1) is 5.92 Å². The molecular weight excluding hydrogens is 416 g/mol. The van der Waals surface area contributed by atoms with Crippen LogP contribution in [-0.4, -0.2) is 43.0 Å². The van der Waals surface area contributed by atoms with E-state index in [0.29, 0.717) is 17.3 Å².